The highest BCUT2D eigenvalue weighted by Crippen LogP contribution is 2.17. The Morgan fingerprint density at radius 1 is 1.28 bits per heavy atom. The fourth-order valence-electron chi connectivity index (χ4n) is 2.10. The highest BCUT2D eigenvalue weighted by molar-refractivity contribution is 7.07. The summed E-state index contributed by atoms with van der Waals surface area (Å²) in [6.45, 7) is 3.22. The number of thiazole rings is 1. The van der Waals surface area contributed by atoms with Gasteiger partial charge in [-0.25, -0.2) is 4.98 Å². The highest BCUT2D eigenvalue weighted by Gasteiger charge is 2.09. The standard InChI is InChI=1S/C15H20N2S/c1-2-6-15(13-7-4-3-5-8-13)16-10-9-14-11-18-12-17-14/h3-5,7-8,11-12,15-16H,2,6,9-10H2,1H3. The second kappa shape index (κ2) is 7.29. The third-order valence-electron chi connectivity index (χ3n) is 3.03. The number of hydrogen-bond acceptors (Lipinski definition) is 3. The second-order valence-electron chi connectivity index (χ2n) is 4.44. The van der Waals surface area contributed by atoms with Gasteiger partial charge in [-0.15, -0.1) is 11.3 Å². The fraction of sp³-hybridized carbons (Fsp3) is 0.400. The monoisotopic (exact) mass is 260 g/mol. The average Bonchev–Trinajstić information content (AvgIpc) is 2.92. The smallest absolute Gasteiger partial charge is 0.0794 e. The maximum absolute atomic E-state index is 4.31. The molecule has 0 bridgehead atoms. The van der Waals surface area contributed by atoms with Crippen molar-refractivity contribution >= 4 is 11.3 Å². The third kappa shape index (κ3) is 3.93. The first kappa shape index (κ1) is 13.2. The Morgan fingerprint density at radius 3 is 2.78 bits per heavy atom. The molecule has 0 saturated heterocycles. The molecule has 0 amide bonds. The van der Waals surface area contributed by atoms with Crippen LogP contribution in [0.25, 0.3) is 0 Å². The van der Waals surface area contributed by atoms with Crippen LogP contribution in [0.15, 0.2) is 41.2 Å². The molecular formula is C15H20N2S. The highest BCUT2D eigenvalue weighted by atomic mass is 32.1. The Bertz CT molecular complexity index is 425. The van der Waals surface area contributed by atoms with Gasteiger partial charge in [0.1, 0.15) is 0 Å². The van der Waals surface area contributed by atoms with Crippen LogP contribution in [0.1, 0.15) is 37.1 Å². The number of benzene rings is 1. The van der Waals surface area contributed by atoms with Crippen molar-refractivity contribution in [3.05, 3.63) is 52.5 Å². The first-order chi connectivity index (χ1) is 8.90. The number of aromatic nitrogens is 1. The summed E-state index contributed by atoms with van der Waals surface area (Å²) in [6.07, 6.45) is 3.39. The van der Waals surface area contributed by atoms with Gasteiger partial charge in [0, 0.05) is 24.4 Å². The van der Waals surface area contributed by atoms with Crippen LogP contribution in [0.3, 0.4) is 0 Å². The molecule has 1 N–H and O–H groups in total. The summed E-state index contributed by atoms with van der Waals surface area (Å²) in [4.78, 5) is 4.31. The summed E-state index contributed by atoms with van der Waals surface area (Å²) in [5.41, 5.74) is 4.48. The van der Waals surface area contributed by atoms with Crippen LogP contribution in [-0.2, 0) is 6.42 Å². The van der Waals surface area contributed by atoms with Crippen molar-refractivity contribution < 1.29 is 0 Å². The van der Waals surface area contributed by atoms with Crippen molar-refractivity contribution in [2.45, 2.75) is 32.2 Å². The van der Waals surface area contributed by atoms with E-state index >= 15 is 0 Å². The topological polar surface area (TPSA) is 24.9 Å². The van der Waals surface area contributed by atoms with E-state index in [2.05, 4.69) is 52.9 Å². The lowest BCUT2D eigenvalue weighted by Crippen LogP contribution is -2.23. The van der Waals surface area contributed by atoms with Gasteiger partial charge < -0.3 is 5.32 Å². The molecule has 0 saturated carbocycles. The largest absolute Gasteiger partial charge is 0.310 e. The van der Waals surface area contributed by atoms with E-state index in [-0.39, 0.29) is 0 Å². The van der Waals surface area contributed by atoms with Gasteiger partial charge in [-0.1, -0.05) is 43.7 Å². The maximum atomic E-state index is 4.31. The summed E-state index contributed by atoms with van der Waals surface area (Å²) in [6, 6.07) is 11.2. The van der Waals surface area contributed by atoms with Crippen molar-refractivity contribution in [2.75, 3.05) is 6.54 Å². The van der Waals surface area contributed by atoms with E-state index in [0.717, 1.165) is 13.0 Å². The molecule has 1 aromatic carbocycles. The van der Waals surface area contributed by atoms with E-state index in [1.165, 1.54) is 24.1 Å². The van der Waals surface area contributed by atoms with Gasteiger partial charge in [0.25, 0.3) is 0 Å². The van der Waals surface area contributed by atoms with Gasteiger partial charge >= 0.3 is 0 Å². The van der Waals surface area contributed by atoms with Gasteiger partial charge in [0.05, 0.1) is 11.2 Å². The molecule has 18 heavy (non-hydrogen) atoms. The molecule has 0 spiro atoms. The van der Waals surface area contributed by atoms with Crippen molar-refractivity contribution in [3.63, 3.8) is 0 Å². The van der Waals surface area contributed by atoms with Gasteiger partial charge in [-0.3, -0.25) is 0 Å². The lowest BCUT2D eigenvalue weighted by Gasteiger charge is -2.18. The summed E-state index contributed by atoms with van der Waals surface area (Å²) in [5.74, 6) is 0. The van der Waals surface area contributed by atoms with Gasteiger partial charge in [-0.05, 0) is 12.0 Å². The Kier molecular flexibility index (Phi) is 5.36. The summed E-state index contributed by atoms with van der Waals surface area (Å²) >= 11 is 1.67. The van der Waals surface area contributed by atoms with Crippen LogP contribution < -0.4 is 5.32 Å². The number of nitrogens with zero attached hydrogens (tertiary/aromatic N) is 1. The molecule has 0 aliphatic rings. The Labute approximate surface area is 113 Å². The molecular weight excluding hydrogens is 240 g/mol. The average molecular weight is 260 g/mol. The van der Waals surface area contributed by atoms with Crippen LogP contribution in [0, 0.1) is 0 Å². The predicted octanol–water partition coefficient (Wildman–Crippen LogP) is 3.82. The molecule has 0 radical (unpaired) electrons. The van der Waals surface area contributed by atoms with E-state index in [4.69, 9.17) is 0 Å². The van der Waals surface area contributed by atoms with Crippen LogP contribution in [0.4, 0.5) is 0 Å². The molecule has 1 atom stereocenters. The molecule has 0 aliphatic heterocycles. The van der Waals surface area contributed by atoms with Crippen LogP contribution in [-0.4, -0.2) is 11.5 Å². The Hall–Kier alpha value is -1.19. The van der Waals surface area contributed by atoms with Gasteiger partial charge in [-0.2, -0.15) is 0 Å². The quantitative estimate of drug-likeness (QED) is 0.818. The van der Waals surface area contributed by atoms with Crippen LogP contribution in [0.2, 0.25) is 0 Å². The van der Waals surface area contributed by atoms with Crippen LogP contribution >= 0.6 is 11.3 Å². The van der Waals surface area contributed by atoms with Crippen molar-refractivity contribution in [3.8, 4) is 0 Å². The summed E-state index contributed by atoms with van der Waals surface area (Å²) < 4.78 is 0. The minimum Gasteiger partial charge on any atom is -0.310 e. The maximum Gasteiger partial charge on any atom is 0.0794 e. The normalized spacial score (nSPS) is 12.5. The van der Waals surface area contributed by atoms with E-state index < -0.39 is 0 Å². The predicted molar refractivity (Wildman–Crippen MR) is 77.9 cm³/mol. The molecule has 1 unspecified atom stereocenters. The Morgan fingerprint density at radius 2 is 2.11 bits per heavy atom. The van der Waals surface area contributed by atoms with Gasteiger partial charge in [0.2, 0.25) is 0 Å². The van der Waals surface area contributed by atoms with E-state index in [9.17, 15) is 0 Å². The molecule has 1 heterocycles. The SMILES string of the molecule is CCCC(NCCc1cscn1)c1ccccc1. The number of nitrogens with one attached hydrogen (secondary N) is 1. The Balaban J connectivity index is 1.87. The molecule has 0 aliphatic carbocycles. The van der Waals surface area contributed by atoms with E-state index in [1.54, 1.807) is 11.3 Å². The zero-order valence-corrected chi connectivity index (χ0v) is 11.6. The zero-order chi connectivity index (χ0) is 12.6. The van der Waals surface area contributed by atoms with E-state index in [0.29, 0.717) is 6.04 Å². The lowest BCUT2D eigenvalue weighted by molar-refractivity contribution is 0.496. The molecule has 3 heteroatoms. The van der Waals surface area contributed by atoms with Crippen molar-refractivity contribution in [2.24, 2.45) is 0 Å². The van der Waals surface area contributed by atoms with Crippen molar-refractivity contribution in [1.29, 1.82) is 0 Å². The number of rotatable bonds is 7. The summed E-state index contributed by atoms with van der Waals surface area (Å²) in [5, 5.41) is 5.76. The molecule has 2 nitrogen and oxygen atoms in total. The molecule has 2 rings (SSSR count). The minimum absolute atomic E-state index is 0.467. The molecule has 1 aromatic heterocycles. The lowest BCUT2D eigenvalue weighted by atomic mass is 10.0. The second-order valence-corrected chi connectivity index (χ2v) is 5.15. The van der Waals surface area contributed by atoms with Crippen molar-refractivity contribution in [1.82, 2.24) is 10.3 Å². The minimum atomic E-state index is 0.467. The van der Waals surface area contributed by atoms with Crippen LogP contribution in [0.5, 0.6) is 0 Å². The molecule has 0 fully saturated rings. The third-order valence-corrected chi connectivity index (χ3v) is 3.67. The fourth-order valence-corrected chi connectivity index (χ4v) is 2.69. The molecule has 96 valence electrons. The zero-order valence-electron chi connectivity index (χ0n) is 10.8. The van der Waals surface area contributed by atoms with E-state index in [1.807, 2.05) is 5.51 Å². The first-order valence-electron chi connectivity index (χ1n) is 6.55. The molecule has 2 aromatic rings. The summed E-state index contributed by atoms with van der Waals surface area (Å²) in [7, 11) is 0. The number of hydrogen-bond donors (Lipinski definition) is 1. The first-order valence-corrected chi connectivity index (χ1v) is 7.50. The van der Waals surface area contributed by atoms with Gasteiger partial charge in [0.15, 0.2) is 0 Å².